The molecule has 27 heavy (non-hydrogen) atoms. The van der Waals surface area contributed by atoms with Crippen LogP contribution >= 0.6 is 11.8 Å². The van der Waals surface area contributed by atoms with Crippen molar-refractivity contribution in [2.75, 3.05) is 5.32 Å². The second-order valence-electron chi connectivity index (χ2n) is 5.83. The largest absolute Gasteiger partial charge is 0.451 e. The highest BCUT2D eigenvalue weighted by Crippen LogP contribution is 2.34. The van der Waals surface area contributed by atoms with E-state index >= 15 is 0 Å². The number of carbonyl (C=O) groups is 1. The molecule has 1 N–H and O–H groups in total. The first kappa shape index (κ1) is 17.4. The first-order valence-corrected chi connectivity index (χ1v) is 8.95. The molecule has 0 radical (unpaired) electrons. The number of hydrogen-bond acceptors (Lipinski definition) is 5. The predicted molar refractivity (Wildman–Crippen MR) is 99.6 cm³/mol. The minimum absolute atomic E-state index is 0.0783. The van der Waals surface area contributed by atoms with Crippen molar-refractivity contribution in [3.8, 4) is 0 Å². The highest BCUT2D eigenvalue weighted by atomic mass is 32.2. The average molecular weight is 385 g/mol. The summed E-state index contributed by atoms with van der Waals surface area (Å²) in [6.45, 7) is 1.66. The van der Waals surface area contributed by atoms with Crippen molar-refractivity contribution >= 4 is 45.4 Å². The Balaban J connectivity index is 1.59. The van der Waals surface area contributed by atoms with Crippen LogP contribution in [0.1, 0.15) is 6.92 Å². The van der Waals surface area contributed by atoms with Gasteiger partial charge in [-0.3, -0.25) is 4.79 Å². The highest BCUT2D eigenvalue weighted by molar-refractivity contribution is 8.00. The third kappa shape index (κ3) is 3.35. The van der Waals surface area contributed by atoms with Crippen LogP contribution in [0.25, 0.3) is 22.1 Å². The normalized spacial score (nSPS) is 12.4. The molecule has 0 spiro atoms. The number of furan rings is 1. The van der Waals surface area contributed by atoms with Crippen molar-refractivity contribution in [1.29, 1.82) is 0 Å². The monoisotopic (exact) mass is 385 g/mol. The van der Waals surface area contributed by atoms with E-state index in [2.05, 4.69) is 15.3 Å². The number of amides is 1. The zero-order valence-corrected chi connectivity index (χ0v) is 14.9. The first-order chi connectivity index (χ1) is 13.0. The van der Waals surface area contributed by atoms with Gasteiger partial charge in [0.25, 0.3) is 0 Å². The van der Waals surface area contributed by atoms with Crippen LogP contribution in [0.2, 0.25) is 0 Å². The molecule has 0 aliphatic rings. The highest BCUT2D eigenvalue weighted by Gasteiger charge is 2.21. The molecule has 0 bridgehead atoms. The predicted octanol–water partition coefficient (Wildman–Crippen LogP) is 4.77. The molecule has 0 saturated carbocycles. The number of para-hydroxylation sites is 1. The zero-order valence-electron chi connectivity index (χ0n) is 14.1. The lowest BCUT2D eigenvalue weighted by Crippen LogP contribution is -2.23. The van der Waals surface area contributed by atoms with Crippen LogP contribution in [-0.4, -0.2) is 21.1 Å². The third-order valence-electron chi connectivity index (χ3n) is 3.97. The molecule has 0 unspecified atom stereocenters. The maximum Gasteiger partial charge on any atom is 0.237 e. The molecule has 1 atom stereocenters. The summed E-state index contributed by atoms with van der Waals surface area (Å²) in [5, 5.41) is 3.24. The van der Waals surface area contributed by atoms with Gasteiger partial charge in [-0.2, -0.15) is 0 Å². The summed E-state index contributed by atoms with van der Waals surface area (Å²) in [5.74, 6) is -1.98. The van der Waals surface area contributed by atoms with E-state index in [9.17, 15) is 13.6 Å². The maximum absolute atomic E-state index is 13.7. The summed E-state index contributed by atoms with van der Waals surface area (Å²) in [6.07, 6.45) is 1.41. The van der Waals surface area contributed by atoms with E-state index in [-0.39, 0.29) is 5.69 Å². The maximum atomic E-state index is 13.7. The summed E-state index contributed by atoms with van der Waals surface area (Å²) >= 11 is 1.17. The van der Waals surface area contributed by atoms with E-state index in [0.29, 0.717) is 21.7 Å². The summed E-state index contributed by atoms with van der Waals surface area (Å²) in [4.78, 5) is 20.9. The number of aromatic nitrogens is 2. The lowest BCUT2D eigenvalue weighted by atomic mass is 10.2. The minimum Gasteiger partial charge on any atom is -0.451 e. The lowest BCUT2D eigenvalue weighted by molar-refractivity contribution is -0.115. The van der Waals surface area contributed by atoms with Gasteiger partial charge in [0.15, 0.2) is 5.58 Å². The number of anilines is 1. The molecule has 0 aliphatic heterocycles. The number of halogens is 2. The lowest BCUT2D eigenvalue weighted by Gasteiger charge is -2.12. The van der Waals surface area contributed by atoms with Crippen LogP contribution in [0, 0.1) is 11.6 Å². The second kappa shape index (κ2) is 6.96. The first-order valence-electron chi connectivity index (χ1n) is 8.08. The van der Waals surface area contributed by atoms with Crippen molar-refractivity contribution in [2.45, 2.75) is 17.2 Å². The van der Waals surface area contributed by atoms with Crippen LogP contribution in [0.4, 0.5) is 14.5 Å². The van der Waals surface area contributed by atoms with E-state index in [1.54, 1.807) is 6.92 Å². The minimum atomic E-state index is -0.831. The van der Waals surface area contributed by atoms with E-state index < -0.39 is 22.8 Å². The standard InChI is InChI=1S/C19H13F2N3O2S/c1-10(18(25)24-14-7-6-11(20)8-13(14)21)27-19-17-16(22-9-23-19)12-4-2-3-5-15(12)26-17/h2-10H,1H3,(H,24,25)/t10-/m0/s1. The average Bonchev–Trinajstić information content (AvgIpc) is 3.04. The zero-order chi connectivity index (χ0) is 19.0. The molecule has 2 aromatic heterocycles. The third-order valence-corrected chi connectivity index (χ3v) is 5.05. The topological polar surface area (TPSA) is 68.0 Å². The number of fused-ring (bicyclic) bond motifs is 3. The van der Waals surface area contributed by atoms with Crippen molar-refractivity contribution in [1.82, 2.24) is 9.97 Å². The van der Waals surface area contributed by atoms with Gasteiger partial charge in [-0.25, -0.2) is 18.7 Å². The molecule has 2 heterocycles. The van der Waals surface area contributed by atoms with Crippen LogP contribution in [-0.2, 0) is 4.79 Å². The fraction of sp³-hybridized carbons (Fsp3) is 0.105. The van der Waals surface area contributed by atoms with Gasteiger partial charge in [-0.1, -0.05) is 23.9 Å². The molecule has 4 aromatic rings. The van der Waals surface area contributed by atoms with Crippen molar-refractivity contribution in [2.24, 2.45) is 0 Å². The Morgan fingerprint density at radius 1 is 1.19 bits per heavy atom. The Kier molecular flexibility index (Phi) is 4.49. The number of rotatable bonds is 4. The Bertz CT molecular complexity index is 1160. The van der Waals surface area contributed by atoms with Gasteiger partial charge in [0.2, 0.25) is 5.91 Å². The number of hydrogen-bond donors (Lipinski definition) is 1. The molecule has 1 amide bonds. The smallest absolute Gasteiger partial charge is 0.237 e. The van der Waals surface area contributed by atoms with E-state index in [1.807, 2.05) is 24.3 Å². The number of nitrogens with one attached hydrogen (secondary N) is 1. The molecule has 5 nitrogen and oxygen atoms in total. The van der Waals surface area contributed by atoms with Crippen molar-refractivity contribution in [3.63, 3.8) is 0 Å². The molecule has 2 aromatic carbocycles. The summed E-state index contributed by atoms with van der Waals surface area (Å²) in [5.41, 5.74) is 1.77. The molecule has 0 fully saturated rings. The van der Waals surface area contributed by atoms with Gasteiger partial charge in [0.1, 0.15) is 34.1 Å². The Morgan fingerprint density at radius 3 is 2.81 bits per heavy atom. The number of benzene rings is 2. The Labute approximate surface area is 156 Å². The molecule has 8 heteroatoms. The molecular formula is C19H13F2N3O2S. The quantitative estimate of drug-likeness (QED) is 0.405. The second-order valence-corrected chi connectivity index (χ2v) is 7.16. The van der Waals surface area contributed by atoms with Crippen LogP contribution < -0.4 is 5.32 Å². The molecule has 4 rings (SSSR count). The van der Waals surface area contributed by atoms with Crippen LogP contribution in [0.15, 0.2) is 58.2 Å². The van der Waals surface area contributed by atoms with Crippen molar-refractivity contribution in [3.05, 3.63) is 60.4 Å². The van der Waals surface area contributed by atoms with Gasteiger partial charge in [0, 0.05) is 11.5 Å². The fourth-order valence-electron chi connectivity index (χ4n) is 2.63. The van der Waals surface area contributed by atoms with Gasteiger partial charge in [-0.05, 0) is 31.2 Å². The molecule has 0 saturated heterocycles. The summed E-state index contributed by atoms with van der Waals surface area (Å²) < 4.78 is 32.6. The summed E-state index contributed by atoms with van der Waals surface area (Å²) in [7, 11) is 0. The van der Waals surface area contributed by atoms with Gasteiger partial charge in [0.05, 0.1) is 10.9 Å². The Hall–Kier alpha value is -3.00. The summed E-state index contributed by atoms with van der Waals surface area (Å²) in [6, 6.07) is 10.5. The molecule has 0 aliphatic carbocycles. The number of thioether (sulfide) groups is 1. The van der Waals surface area contributed by atoms with Gasteiger partial charge >= 0.3 is 0 Å². The van der Waals surface area contributed by atoms with Gasteiger partial charge < -0.3 is 9.73 Å². The van der Waals surface area contributed by atoms with E-state index in [1.165, 1.54) is 24.2 Å². The van der Waals surface area contributed by atoms with E-state index in [0.717, 1.165) is 17.5 Å². The SMILES string of the molecule is C[C@H](Sc1ncnc2c1oc1ccccc12)C(=O)Nc1ccc(F)cc1F. The molecular weight excluding hydrogens is 372 g/mol. The number of nitrogens with zero attached hydrogens (tertiary/aromatic N) is 2. The molecule has 136 valence electrons. The van der Waals surface area contributed by atoms with Crippen LogP contribution in [0.3, 0.4) is 0 Å². The van der Waals surface area contributed by atoms with E-state index in [4.69, 9.17) is 4.42 Å². The Morgan fingerprint density at radius 2 is 2.00 bits per heavy atom. The van der Waals surface area contributed by atoms with Gasteiger partial charge in [-0.15, -0.1) is 0 Å². The van der Waals surface area contributed by atoms with Crippen molar-refractivity contribution < 1.29 is 18.0 Å². The number of carbonyl (C=O) groups excluding carboxylic acids is 1. The van der Waals surface area contributed by atoms with Crippen LogP contribution in [0.5, 0.6) is 0 Å². The fourth-order valence-corrected chi connectivity index (χ4v) is 3.49.